The van der Waals surface area contributed by atoms with Crippen molar-refractivity contribution in [2.45, 2.75) is 20.8 Å². The second-order valence-corrected chi connectivity index (χ2v) is 6.30. The lowest BCUT2D eigenvalue weighted by atomic mass is 10.1. The van der Waals surface area contributed by atoms with Gasteiger partial charge in [0.2, 0.25) is 0 Å². The standard InChI is InChI=1S/C18H24N4O/c1-13-6-5-7-17(14(13)2)21-8-10-22(11-9-21)18(23)16-12-20(4)19-15(16)3/h5-7,12H,8-11H2,1-4H3. The Labute approximate surface area is 137 Å². The van der Waals surface area contributed by atoms with E-state index in [-0.39, 0.29) is 5.91 Å². The van der Waals surface area contributed by atoms with E-state index < -0.39 is 0 Å². The monoisotopic (exact) mass is 312 g/mol. The minimum atomic E-state index is 0.0937. The maximum Gasteiger partial charge on any atom is 0.257 e. The molecule has 5 nitrogen and oxygen atoms in total. The van der Waals surface area contributed by atoms with E-state index in [2.05, 4.69) is 42.0 Å². The molecule has 0 aliphatic carbocycles. The molecule has 1 saturated heterocycles. The molecular formula is C18H24N4O. The van der Waals surface area contributed by atoms with Crippen molar-refractivity contribution in [2.75, 3.05) is 31.1 Å². The van der Waals surface area contributed by atoms with Crippen LogP contribution in [0.1, 0.15) is 27.2 Å². The van der Waals surface area contributed by atoms with Crippen LogP contribution in [0.2, 0.25) is 0 Å². The third-order valence-corrected chi connectivity index (χ3v) is 4.73. The Morgan fingerprint density at radius 1 is 1.09 bits per heavy atom. The first kappa shape index (κ1) is 15.6. The lowest BCUT2D eigenvalue weighted by molar-refractivity contribution is 0.0746. The molecule has 0 atom stereocenters. The van der Waals surface area contributed by atoms with E-state index in [4.69, 9.17) is 0 Å². The van der Waals surface area contributed by atoms with Gasteiger partial charge in [0.05, 0.1) is 11.3 Å². The summed E-state index contributed by atoms with van der Waals surface area (Å²) in [4.78, 5) is 17.0. The van der Waals surface area contributed by atoms with E-state index in [0.29, 0.717) is 5.56 Å². The second kappa shape index (κ2) is 6.07. The summed E-state index contributed by atoms with van der Waals surface area (Å²) in [6, 6.07) is 6.42. The zero-order valence-corrected chi connectivity index (χ0v) is 14.3. The molecule has 1 aromatic carbocycles. The van der Waals surface area contributed by atoms with Gasteiger partial charge in [-0.2, -0.15) is 5.10 Å². The average molecular weight is 312 g/mol. The zero-order valence-electron chi connectivity index (χ0n) is 14.3. The lowest BCUT2D eigenvalue weighted by Gasteiger charge is -2.37. The number of benzene rings is 1. The van der Waals surface area contributed by atoms with Gasteiger partial charge >= 0.3 is 0 Å². The summed E-state index contributed by atoms with van der Waals surface area (Å²) in [6.07, 6.45) is 1.81. The number of aromatic nitrogens is 2. The highest BCUT2D eigenvalue weighted by Crippen LogP contribution is 2.24. The first-order valence-corrected chi connectivity index (χ1v) is 8.08. The molecule has 1 aliphatic heterocycles. The molecule has 23 heavy (non-hydrogen) atoms. The third kappa shape index (κ3) is 2.96. The van der Waals surface area contributed by atoms with Crippen LogP contribution >= 0.6 is 0 Å². The van der Waals surface area contributed by atoms with Gasteiger partial charge in [0.25, 0.3) is 5.91 Å². The number of hydrogen-bond acceptors (Lipinski definition) is 3. The third-order valence-electron chi connectivity index (χ3n) is 4.73. The minimum Gasteiger partial charge on any atom is -0.368 e. The molecule has 0 N–H and O–H groups in total. The van der Waals surface area contributed by atoms with E-state index in [1.807, 2.05) is 25.1 Å². The molecule has 2 aromatic rings. The summed E-state index contributed by atoms with van der Waals surface area (Å²) in [5.41, 5.74) is 5.44. The topological polar surface area (TPSA) is 41.4 Å². The predicted molar refractivity (Wildman–Crippen MR) is 92.0 cm³/mol. The van der Waals surface area contributed by atoms with Crippen LogP contribution in [0.15, 0.2) is 24.4 Å². The van der Waals surface area contributed by atoms with Crippen molar-refractivity contribution < 1.29 is 4.79 Å². The van der Waals surface area contributed by atoms with Crippen LogP contribution in [0.5, 0.6) is 0 Å². The second-order valence-electron chi connectivity index (χ2n) is 6.30. The fraction of sp³-hybridized carbons (Fsp3) is 0.444. The maximum atomic E-state index is 12.7. The van der Waals surface area contributed by atoms with E-state index in [1.54, 1.807) is 4.68 Å². The van der Waals surface area contributed by atoms with E-state index in [0.717, 1.165) is 31.9 Å². The van der Waals surface area contributed by atoms with Crippen molar-refractivity contribution in [3.8, 4) is 0 Å². The van der Waals surface area contributed by atoms with Gasteiger partial charge in [-0.15, -0.1) is 0 Å². The minimum absolute atomic E-state index is 0.0937. The van der Waals surface area contributed by atoms with Crippen LogP contribution in [0.3, 0.4) is 0 Å². The van der Waals surface area contributed by atoms with Crippen LogP contribution in [0.4, 0.5) is 5.69 Å². The number of carbonyl (C=O) groups is 1. The number of hydrogen-bond donors (Lipinski definition) is 0. The van der Waals surface area contributed by atoms with E-state index >= 15 is 0 Å². The van der Waals surface area contributed by atoms with Crippen molar-refractivity contribution >= 4 is 11.6 Å². The molecule has 0 spiro atoms. The van der Waals surface area contributed by atoms with Crippen molar-refractivity contribution in [1.29, 1.82) is 0 Å². The highest BCUT2D eigenvalue weighted by atomic mass is 16.2. The van der Waals surface area contributed by atoms with Crippen LogP contribution in [0.25, 0.3) is 0 Å². The number of anilines is 1. The zero-order chi connectivity index (χ0) is 16.6. The number of piperazine rings is 1. The molecule has 0 saturated carbocycles. The van der Waals surface area contributed by atoms with Gasteiger partial charge in [-0.1, -0.05) is 12.1 Å². The van der Waals surface area contributed by atoms with Gasteiger partial charge < -0.3 is 9.80 Å². The number of rotatable bonds is 2. The van der Waals surface area contributed by atoms with E-state index in [9.17, 15) is 4.79 Å². The van der Waals surface area contributed by atoms with Crippen LogP contribution < -0.4 is 4.90 Å². The Morgan fingerprint density at radius 2 is 1.78 bits per heavy atom. The Balaban J connectivity index is 1.70. The fourth-order valence-electron chi connectivity index (χ4n) is 3.21. The molecule has 5 heteroatoms. The number of carbonyl (C=O) groups excluding carboxylic acids is 1. The highest BCUT2D eigenvalue weighted by molar-refractivity contribution is 5.95. The molecule has 1 amide bonds. The fourth-order valence-corrected chi connectivity index (χ4v) is 3.21. The molecule has 2 heterocycles. The van der Waals surface area contributed by atoms with Gasteiger partial charge in [0, 0.05) is 45.1 Å². The normalized spacial score (nSPS) is 15.1. The average Bonchev–Trinajstić information content (AvgIpc) is 2.88. The number of aryl methyl sites for hydroxylation is 3. The molecule has 0 bridgehead atoms. The molecule has 122 valence electrons. The molecule has 0 unspecified atom stereocenters. The number of amides is 1. The Morgan fingerprint density at radius 3 is 2.39 bits per heavy atom. The molecular weight excluding hydrogens is 288 g/mol. The highest BCUT2D eigenvalue weighted by Gasteiger charge is 2.25. The summed E-state index contributed by atoms with van der Waals surface area (Å²) in [5, 5.41) is 4.27. The SMILES string of the molecule is Cc1cccc(N2CCN(C(=O)c3cn(C)nc3C)CC2)c1C. The summed E-state index contributed by atoms with van der Waals surface area (Å²) in [5.74, 6) is 0.0937. The molecule has 1 aromatic heterocycles. The molecule has 1 fully saturated rings. The van der Waals surface area contributed by atoms with Crippen LogP contribution in [-0.2, 0) is 7.05 Å². The van der Waals surface area contributed by atoms with Gasteiger partial charge in [0.1, 0.15) is 0 Å². The first-order valence-electron chi connectivity index (χ1n) is 8.08. The van der Waals surface area contributed by atoms with Gasteiger partial charge in [-0.05, 0) is 38.0 Å². The van der Waals surface area contributed by atoms with Crippen LogP contribution in [-0.4, -0.2) is 46.8 Å². The van der Waals surface area contributed by atoms with Crippen molar-refractivity contribution in [2.24, 2.45) is 7.05 Å². The summed E-state index contributed by atoms with van der Waals surface area (Å²) < 4.78 is 1.70. The van der Waals surface area contributed by atoms with Crippen LogP contribution in [0, 0.1) is 20.8 Å². The van der Waals surface area contributed by atoms with Crippen molar-refractivity contribution in [3.05, 3.63) is 46.8 Å². The summed E-state index contributed by atoms with van der Waals surface area (Å²) in [6.45, 7) is 9.44. The molecule has 3 rings (SSSR count). The van der Waals surface area contributed by atoms with Crippen molar-refractivity contribution in [1.82, 2.24) is 14.7 Å². The first-order chi connectivity index (χ1) is 11.0. The Hall–Kier alpha value is -2.30. The predicted octanol–water partition coefficient (Wildman–Crippen LogP) is 2.31. The quantitative estimate of drug-likeness (QED) is 0.854. The Kier molecular flexibility index (Phi) is 4.11. The smallest absolute Gasteiger partial charge is 0.257 e. The summed E-state index contributed by atoms with van der Waals surface area (Å²) >= 11 is 0. The lowest BCUT2D eigenvalue weighted by Crippen LogP contribution is -2.49. The largest absolute Gasteiger partial charge is 0.368 e. The number of nitrogens with zero attached hydrogens (tertiary/aromatic N) is 4. The van der Waals surface area contributed by atoms with E-state index in [1.165, 1.54) is 16.8 Å². The molecule has 1 aliphatic rings. The maximum absolute atomic E-state index is 12.7. The van der Waals surface area contributed by atoms with Gasteiger partial charge in [-0.3, -0.25) is 9.48 Å². The Bertz CT molecular complexity index is 727. The molecule has 0 radical (unpaired) electrons. The summed E-state index contributed by atoms with van der Waals surface area (Å²) in [7, 11) is 1.85. The van der Waals surface area contributed by atoms with Gasteiger partial charge in [0.15, 0.2) is 0 Å². The van der Waals surface area contributed by atoms with Crippen molar-refractivity contribution in [3.63, 3.8) is 0 Å². The van der Waals surface area contributed by atoms with Gasteiger partial charge in [-0.25, -0.2) is 0 Å².